The highest BCUT2D eigenvalue weighted by Gasteiger charge is 2.44. The number of anilines is 1. The van der Waals surface area contributed by atoms with E-state index >= 15 is 0 Å². The van der Waals surface area contributed by atoms with Crippen LogP contribution in [-0.2, 0) is 5.60 Å². The van der Waals surface area contributed by atoms with Gasteiger partial charge in [-0.1, -0.05) is 11.6 Å². The van der Waals surface area contributed by atoms with Crippen molar-refractivity contribution in [2.75, 3.05) is 18.0 Å². The lowest BCUT2D eigenvalue weighted by Crippen LogP contribution is -2.31. The van der Waals surface area contributed by atoms with E-state index in [0.29, 0.717) is 0 Å². The summed E-state index contributed by atoms with van der Waals surface area (Å²) in [6.07, 6.45) is 5.56. The van der Waals surface area contributed by atoms with E-state index in [9.17, 15) is 5.11 Å². The number of aliphatic hydroxyl groups is 1. The lowest BCUT2D eigenvalue weighted by atomic mass is 10.0. The second kappa shape index (κ2) is 4.18. The minimum absolute atomic E-state index is 0.600. The molecule has 2 aliphatic rings. The summed E-state index contributed by atoms with van der Waals surface area (Å²) in [5, 5.41) is 11.1. The van der Waals surface area contributed by atoms with E-state index in [4.69, 9.17) is 11.6 Å². The van der Waals surface area contributed by atoms with Crippen molar-refractivity contribution < 1.29 is 5.11 Å². The third-order valence-corrected chi connectivity index (χ3v) is 4.12. The molecule has 1 saturated carbocycles. The Morgan fingerprint density at radius 3 is 2.47 bits per heavy atom. The van der Waals surface area contributed by atoms with E-state index < -0.39 is 5.60 Å². The summed E-state index contributed by atoms with van der Waals surface area (Å²) in [7, 11) is 0. The van der Waals surface area contributed by atoms with E-state index in [-0.39, 0.29) is 0 Å². The Morgan fingerprint density at radius 2 is 1.82 bits per heavy atom. The summed E-state index contributed by atoms with van der Waals surface area (Å²) in [5.74, 6) is 0. The average molecular weight is 252 g/mol. The van der Waals surface area contributed by atoms with Crippen LogP contribution < -0.4 is 4.90 Å². The monoisotopic (exact) mass is 251 g/mol. The van der Waals surface area contributed by atoms with E-state index in [1.54, 1.807) is 0 Å². The van der Waals surface area contributed by atoms with Crippen molar-refractivity contribution >= 4 is 17.3 Å². The second-order valence-corrected chi connectivity index (χ2v) is 5.68. The first-order chi connectivity index (χ1) is 8.19. The first-order valence-electron chi connectivity index (χ1n) is 6.46. The molecule has 17 heavy (non-hydrogen) atoms. The lowest BCUT2D eigenvalue weighted by molar-refractivity contribution is 0.152. The molecule has 0 unspecified atom stereocenters. The third kappa shape index (κ3) is 2.16. The first-order valence-corrected chi connectivity index (χ1v) is 6.84. The molecule has 0 atom stereocenters. The molecule has 1 aliphatic carbocycles. The molecule has 0 aromatic heterocycles. The van der Waals surface area contributed by atoms with Crippen LogP contribution in [0.25, 0.3) is 0 Å². The maximum Gasteiger partial charge on any atom is 0.0919 e. The van der Waals surface area contributed by atoms with Crippen LogP contribution in [0, 0.1) is 0 Å². The number of piperidine rings is 1. The smallest absolute Gasteiger partial charge is 0.0919 e. The van der Waals surface area contributed by atoms with Crippen LogP contribution in [-0.4, -0.2) is 18.2 Å². The summed E-state index contributed by atoms with van der Waals surface area (Å²) in [6, 6.07) is 5.94. The van der Waals surface area contributed by atoms with Gasteiger partial charge in [-0.15, -0.1) is 0 Å². The maximum absolute atomic E-state index is 10.4. The largest absolute Gasteiger partial charge is 0.385 e. The highest BCUT2D eigenvalue weighted by molar-refractivity contribution is 6.30. The molecule has 1 heterocycles. The number of halogens is 1. The Balaban J connectivity index is 1.97. The molecule has 1 aromatic rings. The molecule has 0 bridgehead atoms. The molecule has 2 nitrogen and oxygen atoms in total. The van der Waals surface area contributed by atoms with Crippen LogP contribution in [0.3, 0.4) is 0 Å². The van der Waals surface area contributed by atoms with Crippen molar-refractivity contribution in [1.82, 2.24) is 0 Å². The zero-order valence-electron chi connectivity index (χ0n) is 9.95. The average Bonchev–Trinajstić information content (AvgIpc) is 3.10. The molecular formula is C14H18ClNO. The molecule has 0 radical (unpaired) electrons. The SMILES string of the molecule is OC1(c2cc(Cl)ccc2N2CCCCC2)CC1. The van der Waals surface area contributed by atoms with Gasteiger partial charge in [0.25, 0.3) is 0 Å². The van der Waals surface area contributed by atoms with Gasteiger partial charge in [-0.05, 0) is 50.3 Å². The zero-order chi connectivity index (χ0) is 11.9. The number of hydrogen-bond acceptors (Lipinski definition) is 2. The van der Waals surface area contributed by atoms with Crippen LogP contribution >= 0.6 is 11.6 Å². The summed E-state index contributed by atoms with van der Waals surface area (Å²) >= 11 is 6.06. The van der Waals surface area contributed by atoms with Crippen molar-refractivity contribution in [1.29, 1.82) is 0 Å². The van der Waals surface area contributed by atoms with Gasteiger partial charge in [-0.3, -0.25) is 0 Å². The number of hydrogen-bond donors (Lipinski definition) is 1. The highest BCUT2D eigenvalue weighted by atomic mass is 35.5. The van der Waals surface area contributed by atoms with Crippen LogP contribution in [0.5, 0.6) is 0 Å². The Kier molecular flexibility index (Phi) is 2.80. The zero-order valence-corrected chi connectivity index (χ0v) is 10.7. The molecule has 1 N–H and O–H groups in total. The topological polar surface area (TPSA) is 23.5 Å². The molecule has 92 valence electrons. The fourth-order valence-corrected chi connectivity index (χ4v) is 2.85. The van der Waals surface area contributed by atoms with Gasteiger partial charge in [0.05, 0.1) is 5.60 Å². The summed E-state index contributed by atoms with van der Waals surface area (Å²) < 4.78 is 0. The molecular weight excluding hydrogens is 234 g/mol. The van der Waals surface area contributed by atoms with Crippen molar-refractivity contribution in [2.24, 2.45) is 0 Å². The van der Waals surface area contributed by atoms with Gasteiger partial charge in [0.1, 0.15) is 0 Å². The minimum atomic E-state index is -0.600. The standard InChI is InChI=1S/C14H18ClNO/c15-11-4-5-13(16-8-2-1-3-9-16)12(10-11)14(17)6-7-14/h4-5,10,17H,1-3,6-9H2. The molecule has 3 rings (SSSR count). The molecule has 1 aliphatic heterocycles. The van der Waals surface area contributed by atoms with Crippen LogP contribution in [0.4, 0.5) is 5.69 Å². The molecule has 1 aromatic carbocycles. The highest BCUT2D eigenvalue weighted by Crippen LogP contribution is 2.49. The Bertz CT molecular complexity index is 422. The van der Waals surface area contributed by atoms with E-state index in [1.165, 1.54) is 24.9 Å². The minimum Gasteiger partial charge on any atom is -0.385 e. The van der Waals surface area contributed by atoms with Gasteiger partial charge in [0.2, 0.25) is 0 Å². The van der Waals surface area contributed by atoms with Crippen molar-refractivity contribution in [3.63, 3.8) is 0 Å². The number of rotatable bonds is 2. The summed E-state index contributed by atoms with van der Waals surface area (Å²) in [4.78, 5) is 2.39. The third-order valence-electron chi connectivity index (χ3n) is 3.88. The Labute approximate surface area is 107 Å². The van der Waals surface area contributed by atoms with E-state index in [1.807, 2.05) is 12.1 Å². The normalized spacial score (nSPS) is 22.6. The van der Waals surface area contributed by atoms with Crippen LogP contribution in [0.2, 0.25) is 5.02 Å². The quantitative estimate of drug-likeness (QED) is 0.872. The van der Waals surface area contributed by atoms with Gasteiger partial charge < -0.3 is 10.0 Å². The van der Waals surface area contributed by atoms with E-state index in [0.717, 1.165) is 36.5 Å². The van der Waals surface area contributed by atoms with Crippen LogP contribution in [0.15, 0.2) is 18.2 Å². The second-order valence-electron chi connectivity index (χ2n) is 5.24. The van der Waals surface area contributed by atoms with Crippen molar-refractivity contribution in [2.45, 2.75) is 37.7 Å². The molecule has 1 saturated heterocycles. The number of benzene rings is 1. The molecule has 0 spiro atoms. The van der Waals surface area contributed by atoms with Crippen molar-refractivity contribution in [3.05, 3.63) is 28.8 Å². The summed E-state index contributed by atoms with van der Waals surface area (Å²) in [6.45, 7) is 2.20. The molecule has 2 fully saturated rings. The first kappa shape index (κ1) is 11.4. The van der Waals surface area contributed by atoms with E-state index in [2.05, 4.69) is 11.0 Å². The lowest BCUT2D eigenvalue weighted by Gasteiger charge is -2.31. The van der Waals surface area contributed by atoms with Gasteiger partial charge in [0, 0.05) is 29.4 Å². The fourth-order valence-electron chi connectivity index (χ4n) is 2.68. The Hall–Kier alpha value is -0.730. The fraction of sp³-hybridized carbons (Fsp3) is 0.571. The van der Waals surface area contributed by atoms with Gasteiger partial charge in [-0.25, -0.2) is 0 Å². The number of nitrogens with zero attached hydrogens (tertiary/aromatic N) is 1. The Morgan fingerprint density at radius 1 is 1.12 bits per heavy atom. The van der Waals surface area contributed by atoms with Gasteiger partial charge in [-0.2, -0.15) is 0 Å². The predicted octanol–water partition coefficient (Wildman–Crippen LogP) is 3.31. The summed E-state index contributed by atoms with van der Waals surface area (Å²) in [5.41, 5.74) is 1.62. The van der Waals surface area contributed by atoms with Gasteiger partial charge >= 0.3 is 0 Å². The predicted molar refractivity (Wildman–Crippen MR) is 70.6 cm³/mol. The maximum atomic E-state index is 10.4. The molecule has 3 heteroatoms. The van der Waals surface area contributed by atoms with Crippen LogP contribution in [0.1, 0.15) is 37.7 Å². The van der Waals surface area contributed by atoms with Gasteiger partial charge in [0.15, 0.2) is 0 Å². The van der Waals surface area contributed by atoms with Crippen molar-refractivity contribution in [3.8, 4) is 0 Å². The molecule has 0 amide bonds.